The highest BCUT2D eigenvalue weighted by Crippen LogP contribution is 2.22. The molecular weight excluding hydrogens is 409 g/mol. The van der Waals surface area contributed by atoms with Crippen molar-refractivity contribution in [2.45, 2.75) is 11.8 Å². The van der Waals surface area contributed by atoms with E-state index in [0.717, 1.165) is 9.37 Å². The first-order valence-corrected chi connectivity index (χ1v) is 9.04. The predicted octanol–water partition coefficient (Wildman–Crippen LogP) is 3.60. The van der Waals surface area contributed by atoms with Gasteiger partial charge in [0, 0.05) is 9.37 Å². The molecule has 1 aromatic heterocycles. The number of nitrogens with one attached hydrogen (secondary N) is 1. The van der Waals surface area contributed by atoms with Crippen molar-refractivity contribution in [3.8, 4) is 5.69 Å². The summed E-state index contributed by atoms with van der Waals surface area (Å²) >= 11 is 4.73. The van der Waals surface area contributed by atoms with E-state index in [-0.39, 0.29) is 17.3 Å². The number of carbonyl (C=O) groups is 1. The average Bonchev–Trinajstić information content (AvgIpc) is 3.02. The first-order chi connectivity index (χ1) is 12.0. The van der Waals surface area contributed by atoms with Crippen molar-refractivity contribution < 1.29 is 9.18 Å². The highest BCUT2D eigenvalue weighted by molar-refractivity contribution is 9.10. The van der Waals surface area contributed by atoms with Gasteiger partial charge in [-0.25, -0.2) is 4.39 Å². The van der Waals surface area contributed by atoms with Gasteiger partial charge in [-0.3, -0.25) is 4.79 Å². The number of thioether (sulfide) groups is 1. The van der Waals surface area contributed by atoms with Crippen LogP contribution in [0.2, 0.25) is 0 Å². The van der Waals surface area contributed by atoms with Gasteiger partial charge in [-0.1, -0.05) is 15.9 Å². The van der Waals surface area contributed by atoms with E-state index < -0.39 is 5.82 Å². The molecule has 1 amide bonds. The molecule has 3 rings (SSSR count). The van der Waals surface area contributed by atoms with Crippen LogP contribution < -0.4 is 5.32 Å². The summed E-state index contributed by atoms with van der Waals surface area (Å²) in [7, 11) is 0. The fourth-order valence-electron chi connectivity index (χ4n) is 2.08. The molecule has 0 saturated carbocycles. The Kier molecular flexibility index (Phi) is 5.44. The van der Waals surface area contributed by atoms with Crippen LogP contribution in [0.4, 0.5) is 10.1 Å². The fraction of sp³-hybridized carbons (Fsp3) is 0.125. The fourth-order valence-corrected chi connectivity index (χ4v) is 3.04. The van der Waals surface area contributed by atoms with Crippen molar-refractivity contribution in [1.82, 2.24) is 20.2 Å². The van der Waals surface area contributed by atoms with Crippen LogP contribution in [-0.4, -0.2) is 31.9 Å². The van der Waals surface area contributed by atoms with Crippen molar-refractivity contribution in [3.05, 3.63) is 58.6 Å². The third-order valence-electron chi connectivity index (χ3n) is 3.28. The van der Waals surface area contributed by atoms with Crippen LogP contribution in [0.1, 0.15) is 5.82 Å². The van der Waals surface area contributed by atoms with E-state index >= 15 is 0 Å². The van der Waals surface area contributed by atoms with Gasteiger partial charge < -0.3 is 5.32 Å². The van der Waals surface area contributed by atoms with E-state index in [2.05, 4.69) is 36.8 Å². The number of rotatable bonds is 5. The number of aromatic nitrogens is 4. The van der Waals surface area contributed by atoms with Crippen molar-refractivity contribution in [2.75, 3.05) is 11.1 Å². The minimum atomic E-state index is -0.517. The lowest BCUT2D eigenvalue weighted by Crippen LogP contribution is -2.15. The Balaban J connectivity index is 1.68. The van der Waals surface area contributed by atoms with E-state index in [4.69, 9.17) is 0 Å². The molecule has 0 saturated heterocycles. The second kappa shape index (κ2) is 7.75. The van der Waals surface area contributed by atoms with Gasteiger partial charge in [0.2, 0.25) is 5.91 Å². The topological polar surface area (TPSA) is 72.7 Å². The Morgan fingerprint density at radius 2 is 2.04 bits per heavy atom. The molecule has 3 aromatic rings. The maximum Gasteiger partial charge on any atom is 0.234 e. The quantitative estimate of drug-likeness (QED) is 0.637. The van der Waals surface area contributed by atoms with Gasteiger partial charge in [-0.15, -0.1) is 16.9 Å². The number of amides is 1. The molecule has 25 heavy (non-hydrogen) atoms. The first-order valence-electron chi connectivity index (χ1n) is 7.26. The minimum Gasteiger partial charge on any atom is -0.323 e. The Labute approximate surface area is 155 Å². The molecule has 0 fully saturated rings. The molecule has 0 spiro atoms. The molecule has 0 aliphatic carbocycles. The number of aryl methyl sites for hydroxylation is 1. The van der Waals surface area contributed by atoms with Gasteiger partial charge in [0.1, 0.15) is 5.82 Å². The molecule has 128 valence electrons. The van der Waals surface area contributed by atoms with E-state index in [1.165, 1.54) is 28.6 Å². The second-order valence-corrected chi connectivity index (χ2v) is 7.06. The van der Waals surface area contributed by atoms with E-state index in [0.29, 0.717) is 11.5 Å². The van der Waals surface area contributed by atoms with Crippen molar-refractivity contribution in [3.63, 3.8) is 0 Å². The summed E-state index contributed by atoms with van der Waals surface area (Å²) in [6.07, 6.45) is 0. The van der Waals surface area contributed by atoms with Crippen molar-refractivity contribution >= 4 is 39.3 Å². The summed E-state index contributed by atoms with van der Waals surface area (Å²) in [5.74, 6) is -0.0709. The van der Waals surface area contributed by atoms with Gasteiger partial charge in [0.05, 0.1) is 17.1 Å². The highest BCUT2D eigenvalue weighted by atomic mass is 79.9. The first kappa shape index (κ1) is 17.6. The third kappa shape index (κ3) is 4.43. The van der Waals surface area contributed by atoms with Crippen LogP contribution in [0, 0.1) is 12.7 Å². The normalized spacial score (nSPS) is 10.7. The standard InChI is InChI=1S/C16H13BrFN5OS/c1-10-20-21-22-23(10)12-4-7-14(18)15(8-12)19-16(24)9-25-13-5-2-11(17)3-6-13/h2-8H,9H2,1H3,(H,19,24). The lowest BCUT2D eigenvalue weighted by molar-refractivity contribution is -0.113. The number of nitrogens with zero attached hydrogens (tertiary/aromatic N) is 4. The highest BCUT2D eigenvalue weighted by Gasteiger charge is 2.11. The Morgan fingerprint density at radius 3 is 2.72 bits per heavy atom. The summed E-state index contributed by atoms with van der Waals surface area (Å²) in [5, 5.41) is 13.8. The van der Waals surface area contributed by atoms with Crippen LogP contribution >= 0.6 is 27.7 Å². The maximum atomic E-state index is 14.0. The summed E-state index contributed by atoms with van der Waals surface area (Å²) in [4.78, 5) is 13.1. The smallest absolute Gasteiger partial charge is 0.234 e. The Hall–Kier alpha value is -2.26. The van der Waals surface area contributed by atoms with Gasteiger partial charge in [0.15, 0.2) is 5.82 Å². The minimum absolute atomic E-state index is 0.0915. The molecule has 0 radical (unpaired) electrons. The van der Waals surface area contributed by atoms with Crippen LogP contribution in [-0.2, 0) is 4.79 Å². The summed E-state index contributed by atoms with van der Waals surface area (Å²) in [5.41, 5.74) is 0.661. The van der Waals surface area contributed by atoms with Crippen LogP contribution in [0.3, 0.4) is 0 Å². The monoisotopic (exact) mass is 421 g/mol. The number of benzene rings is 2. The van der Waals surface area contributed by atoms with E-state index in [9.17, 15) is 9.18 Å². The van der Waals surface area contributed by atoms with Crippen molar-refractivity contribution in [2.24, 2.45) is 0 Å². The second-order valence-electron chi connectivity index (χ2n) is 5.09. The lowest BCUT2D eigenvalue weighted by atomic mass is 10.2. The molecule has 0 aliphatic rings. The van der Waals surface area contributed by atoms with E-state index in [1.807, 2.05) is 24.3 Å². The molecule has 0 atom stereocenters. The zero-order chi connectivity index (χ0) is 17.8. The Morgan fingerprint density at radius 1 is 1.28 bits per heavy atom. The molecular formula is C16H13BrFN5OS. The largest absolute Gasteiger partial charge is 0.323 e. The lowest BCUT2D eigenvalue weighted by Gasteiger charge is -2.09. The average molecular weight is 422 g/mol. The number of carbonyl (C=O) groups excluding carboxylic acids is 1. The molecule has 1 heterocycles. The van der Waals surface area contributed by atoms with E-state index in [1.54, 1.807) is 13.0 Å². The van der Waals surface area contributed by atoms with Crippen LogP contribution in [0.15, 0.2) is 51.8 Å². The summed E-state index contributed by atoms with van der Waals surface area (Å²) in [6.45, 7) is 1.73. The molecule has 0 aliphatic heterocycles. The number of hydrogen-bond donors (Lipinski definition) is 1. The molecule has 9 heteroatoms. The van der Waals surface area contributed by atoms with Gasteiger partial charge in [-0.05, 0) is 59.8 Å². The number of tetrazole rings is 1. The molecule has 0 bridgehead atoms. The SMILES string of the molecule is Cc1nnnn1-c1ccc(F)c(NC(=O)CSc2ccc(Br)cc2)c1. The van der Waals surface area contributed by atoms with Gasteiger partial charge in [-0.2, -0.15) is 4.68 Å². The molecule has 1 N–H and O–H groups in total. The van der Waals surface area contributed by atoms with Gasteiger partial charge >= 0.3 is 0 Å². The summed E-state index contributed by atoms with van der Waals surface area (Å²) in [6, 6.07) is 11.9. The molecule has 2 aromatic carbocycles. The van der Waals surface area contributed by atoms with Crippen molar-refractivity contribution in [1.29, 1.82) is 0 Å². The zero-order valence-electron chi connectivity index (χ0n) is 13.1. The summed E-state index contributed by atoms with van der Waals surface area (Å²) < 4.78 is 16.4. The number of halogens is 2. The Bertz CT molecular complexity index is 900. The molecule has 6 nitrogen and oxygen atoms in total. The third-order valence-corrected chi connectivity index (χ3v) is 4.82. The van der Waals surface area contributed by atoms with Crippen LogP contribution in [0.25, 0.3) is 5.69 Å². The maximum absolute atomic E-state index is 14.0. The van der Waals surface area contributed by atoms with Crippen LogP contribution in [0.5, 0.6) is 0 Å². The zero-order valence-corrected chi connectivity index (χ0v) is 15.5. The number of anilines is 1. The number of hydrogen-bond acceptors (Lipinski definition) is 5. The van der Waals surface area contributed by atoms with Gasteiger partial charge in [0.25, 0.3) is 0 Å². The predicted molar refractivity (Wildman–Crippen MR) is 97.3 cm³/mol. The molecule has 0 unspecified atom stereocenters.